The van der Waals surface area contributed by atoms with Gasteiger partial charge in [-0.3, -0.25) is 4.99 Å². The van der Waals surface area contributed by atoms with E-state index in [9.17, 15) is 0 Å². The number of methoxy groups -OCH3 is 1. The minimum Gasteiger partial charge on any atom is -0.495 e. The molecule has 0 unspecified atom stereocenters. The van der Waals surface area contributed by atoms with E-state index in [1.807, 2.05) is 36.5 Å². The van der Waals surface area contributed by atoms with Crippen LogP contribution in [0.3, 0.4) is 0 Å². The van der Waals surface area contributed by atoms with Crippen molar-refractivity contribution in [2.24, 2.45) is 4.99 Å². The van der Waals surface area contributed by atoms with E-state index in [2.05, 4.69) is 55.2 Å². The Morgan fingerprint density at radius 1 is 0.926 bits per heavy atom. The summed E-state index contributed by atoms with van der Waals surface area (Å²) < 4.78 is 5.55. The van der Waals surface area contributed by atoms with Crippen LogP contribution >= 0.6 is 0 Å². The average Bonchev–Trinajstić information content (AvgIpc) is 3.07. The van der Waals surface area contributed by atoms with Crippen molar-refractivity contribution in [1.82, 2.24) is 4.98 Å². The Morgan fingerprint density at radius 3 is 2.48 bits per heavy atom. The number of benzene rings is 3. The summed E-state index contributed by atoms with van der Waals surface area (Å²) in [6.07, 6.45) is 1.96. The fourth-order valence-corrected chi connectivity index (χ4v) is 3.43. The van der Waals surface area contributed by atoms with Crippen LogP contribution in [0.25, 0.3) is 22.2 Å². The summed E-state index contributed by atoms with van der Waals surface area (Å²) >= 11 is 0. The lowest BCUT2D eigenvalue weighted by atomic mass is 10.1. The van der Waals surface area contributed by atoms with Gasteiger partial charge in [-0.05, 0) is 37.1 Å². The van der Waals surface area contributed by atoms with Crippen molar-refractivity contribution in [2.45, 2.75) is 13.8 Å². The fourth-order valence-electron chi connectivity index (χ4n) is 3.43. The number of para-hydroxylation sites is 1. The molecule has 3 heteroatoms. The minimum atomic E-state index is 0.829. The summed E-state index contributed by atoms with van der Waals surface area (Å²) in [5.41, 5.74) is 7.62. The van der Waals surface area contributed by atoms with Crippen molar-refractivity contribution in [3.8, 4) is 17.0 Å². The smallest absolute Gasteiger partial charge is 0.142 e. The van der Waals surface area contributed by atoms with E-state index in [0.717, 1.165) is 39.2 Å². The molecule has 3 nitrogen and oxygen atoms in total. The third-order valence-corrected chi connectivity index (χ3v) is 4.80. The standard InChI is InChI=1S/C24H22N2O/c1-16-12-13-21(17(2)14-16)25-15-20-19-10-7-11-22(27-3)24(19)26-23(20)18-8-5-4-6-9-18/h4-15,26H,1-3H3. The molecule has 134 valence electrons. The highest BCUT2D eigenvalue weighted by molar-refractivity contribution is 6.08. The van der Waals surface area contributed by atoms with E-state index in [1.54, 1.807) is 7.11 Å². The number of aromatic amines is 1. The molecule has 0 fully saturated rings. The Hall–Kier alpha value is -3.33. The number of hydrogen-bond acceptors (Lipinski definition) is 2. The molecule has 0 radical (unpaired) electrons. The van der Waals surface area contributed by atoms with E-state index in [-0.39, 0.29) is 0 Å². The predicted octanol–water partition coefficient (Wildman–Crippen LogP) is 6.21. The maximum atomic E-state index is 5.55. The molecular weight excluding hydrogens is 332 g/mol. The normalized spacial score (nSPS) is 11.4. The van der Waals surface area contributed by atoms with Crippen LogP contribution < -0.4 is 4.74 Å². The molecule has 0 aliphatic rings. The van der Waals surface area contributed by atoms with Gasteiger partial charge in [0, 0.05) is 17.2 Å². The summed E-state index contributed by atoms with van der Waals surface area (Å²) in [5, 5.41) is 1.10. The molecule has 1 heterocycles. The van der Waals surface area contributed by atoms with Crippen LogP contribution in [0.1, 0.15) is 16.7 Å². The number of aromatic nitrogens is 1. The van der Waals surface area contributed by atoms with Crippen molar-refractivity contribution < 1.29 is 4.74 Å². The molecule has 1 aromatic heterocycles. The molecule has 3 aromatic carbocycles. The number of aliphatic imine (C=N–C) groups is 1. The van der Waals surface area contributed by atoms with Crippen LogP contribution in [0.2, 0.25) is 0 Å². The van der Waals surface area contributed by atoms with Crippen LogP contribution in [0.4, 0.5) is 5.69 Å². The first kappa shape index (κ1) is 17.1. The number of rotatable bonds is 4. The molecule has 0 aliphatic carbocycles. The van der Waals surface area contributed by atoms with Crippen molar-refractivity contribution in [2.75, 3.05) is 7.11 Å². The van der Waals surface area contributed by atoms with Gasteiger partial charge >= 0.3 is 0 Å². The molecule has 0 aliphatic heterocycles. The molecule has 1 N–H and O–H groups in total. The molecule has 0 spiro atoms. The van der Waals surface area contributed by atoms with E-state index in [4.69, 9.17) is 9.73 Å². The summed E-state index contributed by atoms with van der Waals surface area (Å²) in [5.74, 6) is 0.829. The average molecular weight is 354 g/mol. The SMILES string of the molecule is COc1cccc2c(C=Nc3ccc(C)cc3C)c(-c3ccccc3)[nH]c12. The number of aryl methyl sites for hydroxylation is 2. The van der Waals surface area contributed by atoms with Gasteiger partial charge in [0.15, 0.2) is 0 Å². The van der Waals surface area contributed by atoms with Crippen LogP contribution in [0.15, 0.2) is 71.7 Å². The molecule has 4 aromatic rings. The zero-order chi connectivity index (χ0) is 18.8. The van der Waals surface area contributed by atoms with E-state index < -0.39 is 0 Å². The monoisotopic (exact) mass is 354 g/mol. The lowest BCUT2D eigenvalue weighted by Crippen LogP contribution is -1.86. The summed E-state index contributed by atoms with van der Waals surface area (Å²) in [7, 11) is 1.70. The third-order valence-electron chi connectivity index (χ3n) is 4.80. The van der Waals surface area contributed by atoms with Gasteiger partial charge in [0.1, 0.15) is 5.75 Å². The van der Waals surface area contributed by atoms with E-state index in [0.29, 0.717) is 0 Å². The van der Waals surface area contributed by atoms with Gasteiger partial charge in [0.25, 0.3) is 0 Å². The second kappa shape index (κ2) is 7.12. The van der Waals surface area contributed by atoms with E-state index in [1.165, 1.54) is 11.1 Å². The van der Waals surface area contributed by atoms with Crippen molar-refractivity contribution in [3.63, 3.8) is 0 Å². The number of hydrogen-bond donors (Lipinski definition) is 1. The van der Waals surface area contributed by atoms with Gasteiger partial charge in [0.05, 0.1) is 24.0 Å². The van der Waals surface area contributed by atoms with Crippen molar-refractivity contribution >= 4 is 22.8 Å². The Balaban J connectivity index is 1.91. The number of H-pyrrole nitrogens is 1. The number of fused-ring (bicyclic) bond motifs is 1. The van der Waals surface area contributed by atoms with Gasteiger partial charge in [-0.1, -0.05) is 60.2 Å². The highest BCUT2D eigenvalue weighted by atomic mass is 16.5. The highest BCUT2D eigenvalue weighted by Gasteiger charge is 2.14. The number of nitrogens with one attached hydrogen (secondary N) is 1. The molecule has 0 bridgehead atoms. The van der Waals surface area contributed by atoms with Crippen molar-refractivity contribution in [1.29, 1.82) is 0 Å². The van der Waals surface area contributed by atoms with Crippen LogP contribution in [-0.2, 0) is 0 Å². The van der Waals surface area contributed by atoms with Crippen molar-refractivity contribution in [3.05, 3.63) is 83.4 Å². The summed E-state index contributed by atoms with van der Waals surface area (Å²) in [6, 6.07) is 22.7. The summed E-state index contributed by atoms with van der Waals surface area (Å²) in [4.78, 5) is 8.34. The first-order chi connectivity index (χ1) is 13.2. The number of nitrogens with zero attached hydrogens (tertiary/aromatic N) is 1. The maximum absolute atomic E-state index is 5.55. The molecule has 27 heavy (non-hydrogen) atoms. The van der Waals surface area contributed by atoms with Gasteiger partial charge in [-0.25, -0.2) is 0 Å². The second-order valence-corrected chi connectivity index (χ2v) is 6.71. The molecule has 0 saturated carbocycles. The lowest BCUT2D eigenvalue weighted by molar-refractivity contribution is 0.419. The Kier molecular flexibility index (Phi) is 4.51. The summed E-state index contributed by atoms with van der Waals surface area (Å²) in [6.45, 7) is 4.19. The highest BCUT2D eigenvalue weighted by Crippen LogP contribution is 2.34. The zero-order valence-corrected chi connectivity index (χ0v) is 15.8. The zero-order valence-electron chi connectivity index (χ0n) is 15.8. The first-order valence-electron chi connectivity index (χ1n) is 9.03. The van der Waals surface area contributed by atoms with Gasteiger partial charge in [-0.2, -0.15) is 0 Å². The van der Waals surface area contributed by atoms with Gasteiger partial charge in [0.2, 0.25) is 0 Å². The molecular formula is C24H22N2O. The Morgan fingerprint density at radius 2 is 1.74 bits per heavy atom. The molecule has 0 amide bonds. The predicted molar refractivity (Wildman–Crippen MR) is 113 cm³/mol. The Labute approximate surface area is 159 Å². The van der Waals surface area contributed by atoms with Crippen LogP contribution in [0, 0.1) is 13.8 Å². The molecule has 0 saturated heterocycles. The first-order valence-corrected chi connectivity index (χ1v) is 9.03. The minimum absolute atomic E-state index is 0.829. The molecule has 4 rings (SSSR count). The number of ether oxygens (including phenoxy) is 1. The van der Waals surface area contributed by atoms with Gasteiger partial charge < -0.3 is 9.72 Å². The fraction of sp³-hybridized carbons (Fsp3) is 0.125. The topological polar surface area (TPSA) is 37.4 Å². The van der Waals surface area contributed by atoms with E-state index >= 15 is 0 Å². The quantitative estimate of drug-likeness (QED) is 0.435. The second-order valence-electron chi connectivity index (χ2n) is 6.71. The Bertz CT molecular complexity index is 1120. The lowest BCUT2D eigenvalue weighted by Gasteiger charge is -2.03. The molecule has 0 atom stereocenters. The van der Waals surface area contributed by atoms with Crippen LogP contribution in [0.5, 0.6) is 5.75 Å². The van der Waals surface area contributed by atoms with Gasteiger partial charge in [-0.15, -0.1) is 0 Å². The largest absolute Gasteiger partial charge is 0.495 e. The van der Waals surface area contributed by atoms with Crippen LogP contribution in [-0.4, -0.2) is 18.3 Å². The third kappa shape index (κ3) is 3.24. The maximum Gasteiger partial charge on any atom is 0.142 e.